The summed E-state index contributed by atoms with van der Waals surface area (Å²) < 4.78 is 5.75. The standard InChI is InChI=1S/C23H19Cl2N3O4/c1-15-6-8-16(9-7-15)14-32-23-19(24)10-17(11-20(23)25)13-26-27-22(29)12-18-4-2-3-5-21(18)28(30)31/h2-11,13H,12,14H2,1H3,(H,27,29). The van der Waals surface area contributed by atoms with Gasteiger partial charge in [-0.05, 0) is 30.2 Å². The van der Waals surface area contributed by atoms with Crippen molar-refractivity contribution in [2.24, 2.45) is 5.10 Å². The number of nitrogens with zero attached hydrogens (tertiary/aromatic N) is 2. The minimum Gasteiger partial charge on any atom is -0.486 e. The van der Waals surface area contributed by atoms with Gasteiger partial charge in [-0.15, -0.1) is 0 Å². The normalized spacial score (nSPS) is 10.8. The lowest BCUT2D eigenvalue weighted by Gasteiger charge is -2.11. The van der Waals surface area contributed by atoms with Crippen molar-refractivity contribution in [1.29, 1.82) is 0 Å². The molecular formula is C23H19Cl2N3O4. The second kappa shape index (κ2) is 10.7. The van der Waals surface area contributed by atoms with Gasteiger partial charge in [0.1, 0.15) is 6.61 Å². The number of nitro groups is 1. The van der Waals surface area contributed by atoms with Crippen LogP contribution in [0.1, 0.15) is 22.3 Å². The van der Waals surface area contributed by atoms with Crippen LogP contribution in [0, 0.1) is 17.0 Å². The van der Waals surface area contributed by atoms with Crippen molar-refractivity contribution in [3.05, 3.63) is 103 Å². The van der Waals surface area contributed by atoms with Gasteiger partial charge in [-0.1, -0.05) is 71.2 Å². The molecule has 0 radical (unpaired) electrons. The Kier molecular flexibility index (Phi) is 7.81. The molecule has 0 saturated heterocycles. The summed E-state index contributed by atoms with van der Waals surface area (Å²) in [5.41, 5.74) is 5.21. The maximum Gasteiger partial charge on any atom is 0.273 e. The van der Waals surface area contributed by atoms with E-state index in [1.807, 2.05) is 31.2 Å². The Balaban J connectivity index is 1.60. The maximum atomic E-state index is 12.1. The van der Waals surface area contributed by atoms with Gasteiger partial charge in [0, 0.05) is 11.6 Å². The average Bonchev–Trinajstić information content (AvgIpc) is 2.74. The number of nitro benzene ring substituents is 1. The van der Waals surface area contributed by atoms with Crippen molar-refractivity contribution < 1.29 is 14.5 Å². The molecule has 0 aromatic heterocycles. The van der Waals surface area contributed by atoms with E-state index in [1.165, 1.54) is 18.3 Å². The van der Waals surface area contributed by atoms with Gasteiger partial charge in [0.25, 0.3) is 5.69 Å². The molecular weight excluding hydrogens is 453 g/mol. The zero-order valence-corrected chi connectivity index (χ0v) is 18.6. The number of hydrogen-bond acceptors (Lipinski definition) is 5. The van der Waals surface area contributed by atoms with E-state index in [2.05, 4.69) is 10.5 Å². The van der Waals surface area contributed by atoms with Gasteiger partial charge in [-0.2, -0.15) is 5.10 Å². The molecule has 1 N–H and O–H groups in total. The molecule has 0 aliphatic rings. The third-order valence-electron chi connectivity index (χ3n) is 4.47. The number of hydrogen-bond donors (Lipinski definition) is 1. The van der Waals surface area contributed by atoms with E-state index in [0.717, 1.165) is 11.1 Å². The highest BCUT2D eigenvalue weighted by atomic mass is 35.5. The predicted molar refractivity (Wildman–Crippen MR) is 125 cm³/mol. The summed E-state index contributed by atoms with van der Waals surface area (Å²) in [4.78, 5) is 22.6. The molecule has 0 atom stereocenters. The number of carbonyl (C=O) groups excluding carboxylic acids is 1. The van der Waals surface area contributed by atoms with Crippen LogP contribution >= 0.6 is 23.2 Å². The minimum absolute atomic E-state index is 0.119. The first-order valence-electron chi connectivity index (χ1n) is 9.55. The highest BCUT2D eigenvalue weighted by Gasteiger charge is 2.15. The van der Waals surface area contributed by atoms with Crippen molar-refractivity contribution in [2.75, 3.05) is 0 Å². The Hall–Kier alpha value is -3.42. The second-order valence-corrected chi connectivity index (χ2v) is 7.76. The number of aryl methyl sites for hydroxylation is 1. The molecule has 3 aromatic rings. The molecule has 164 valence electrons. The number of amides is 1. The molecule has 7 nitrogen and oxygen atoms in total. The molecule has 0 aliphatic carbocycles. The quantitative estimate of drug-likeness (QED) is 0.267. The van der Waals surface area contributed by atoms with E-state index in [-0.39, 0.29) is 12.1 Å². The first kappa shape index (κ1) is 23.2. The number of nitrogens with one attached hydrogen (secondary N) is 1. The summed E-state index contributed by atoms with van der Waals surface area (Å²) in [6, 6.07) is 17.2. The number of hydrazone groups is 1. The van der Waals surface area contributed by atoms with Crippen molar-refractivity contribution in [3.8, 4) is 5.75 Å². The van der Waals surface area contributed by atoms with Gasteiger partial charge in [-0.25, -0.2) is 5.43 Å². The van der Waals surface area contributed by atoms with Crippen LogP contribution in [0.2, 0.25) is 10.0 Å². The molecule has 0 spiro atoms. The van der Waals surface area contributed by atoms with Crippen LogP contribution in [0.15, 0.2) is 65.8 Å². The first-order chi connectivity index (χ1) is 15.3. The number of ether oxygens (including phenoxy) is 1. The van der Waals surface area contributed by atoms with Crippen molar-refractivity contribution >= 4 is 41.0 Å². The number of benzene rings is 3. The summed E-state index contributed by atoms with van der Waals surface area (Å²) in [7, 11) is 0. The monoisotopic (exact) mass is 471 g/mol. The van der Waals surface area contributed by atoms with E-state index in [0.29, 0.717) is 33.5 Å². The Labute approximate surface area is 194 Å². The molecule has 0 unspecified atom stereocenters. The number of carbonyl (C=O) groups is 1. The van der Waals surface area contributed by atoms with Gasteiger partial charge < -0.3 is 4.74 Å². The fourth-order valence-electron chi connectivity index (χ4n) is 2.86. The number of rotatable bonds is 8. The van der Waals surface area contributed by atoms with Crippen molar-refractivity contribution in [2.45, 2.75) is 20.0 Å². The fraction of sp³-hybridized carbons (Fsp3) is 0.130. The topological polar surface area (TPSA) is 93.8 Å². The predicted octanol–water partition coefficient (Wildman–Crippen LogP) is 5.48. The third kappa shape index (κ3) is 6.29. The smallest absolute Gasteiger partial charge is 0.273 e. The molecule has 0 aliphatic heterocycles. The average molecular weight is 472 g/mol. The highest BCUT2D eigenvalue weighted by molar-refractivity contribution is 6.37. The summed E-state index contributed by atoms with van der Waals surface area (Å²) in [6.45, 7) is 2.32. The van der Waals surface area contributed by atoms with Crippen LogP contribution < -0.4 is 10.2 Å². The van der Waals surface area contributed by atoms with Crippen molar-refractivity contribution in [1.82, 2.24) is 5.43 Å². The number of halogens is 2. The Morgan fingerprint density at radius 3 is 2.44 bits per heavy atom. The SMILES string of the molecule is Cc1ccc(COc2c(Cl)cc(C=NNC(=O)Cc3ccccc3[N+](=O)[O-])cc2Cl)cc1. The van der Waals surface area contributed by atoms with Crippen LogP contribution in [-0.2, 0) is 17.8 Å². The van der Waals surface area contributed by atoms with E-state index in [1.54, 1.807) is 24.3 Å². The molecule has 3 rings (SSSR count). The Bertz CT molecular complexity index is 1140. The maximum absolute atomic E-state index is 12.1. The van der Waals surface area contributed by atoms with Gasteiger partial charge in [-0.3, -0.25) is 14.9 Å². The van der Waals surface area contributed by atoms with E-state index >= 15 is 0 Å². The summed E-state index contributed by atoms with van der Waals surface area (Å²) >= 11 is 12.6. The summed E-state index contributed by atoms with van der Waals surface area (Å²) in [5.74, 6) is -0.141. The van der Waals surface area contributed by atoms with Crippen LogP contribution in [-0.4, -0.2) is 17.0 Å². The molecule has 0 heterocycles. The largest absolute Gasteiger partial charge is 0.486 e. The zero-order valence-electron chi connectivity index (χ0n) is 17.0. The van der Waals surface area contributed by atoms with Gasteiger partial charge in [0.15, 0.2) is 5.75 Å². The van der Waals surface area contributed by atoms with Crippen molar-refractivity contribution in [3.63, 3.8) is 0 Å². The molecule has 0 bridgehead atoms. The van der Waals surface area contributed by atoms with Gasteiger partial charge in [0.2, 0.25) is 5.91 Å². The highest BCUT2D eigenvalue weighted by Crippen LogP contribution is 2.34. The Morgan fingerprint density at radius 1 is 1.12 bits per heavy atom. The van der Waals surface area contributed by atoms with Gasteiger partial charge >= 0.3 is 0 Å². The molecule has 1 amide bonds. The summed E-state index contributed by atoms with van der Waals surface area (Å²) in [5, 5.41) is 15.5. The lowest BCUT2D eigenvalue weighted by molar-refractivity contribution is -0.385. The van der Waals surface area contributed by atoms with Gasteiger partial charge in [0.05, 0.1) is 27.6 Å². The van der Waals surface area contributed by atoms with E-state index < -0.39 is 10.8 Å². The lowest BCUT2D eigenvalue weighted by atomic mass is 10.1. The molecule has 3 aromatic carbocycles. The fourth-order valence-corrected chi connectivity index (χ4v) is 3.47. The molecule has 0 saturated carbocycles. The van der Waals surface area contributed by atoms with Crippen LogP contribution in [0.25, 0.3) is 0 Å². The van der Waals surface area contributed by atoms with Crippen LogP contribution in [0.5, 0.6) is 5.75 Å². The van der Waals surface area contributed by atoms with Crippen LogP contribution in [0.3, 0.4) is 0 Å². The zero-order chi connectivity index (χ0) is 23.1. The molecule has 32 heavy (non-hydrogen) atoms. The van der Waals surface area contributed by atoms with E-state index in [4.69, 9.17) is 27.9 Å². The molecule has 9 heteroatoms. The minimum atomic E-state index is -0.529. The Morgan fingerprint density at radius 2 is 1.78 bits per heavy atom. The number of para-hydroxylation sites is 1. The second-order valence-electron chi connectivity index (χ2n) is 6.94. The van der Waals surface area contributed by atoms with E-state index in [9.17, 15) is 14.9 Å². The third-order valence-corrected chi connectivity index (χ3v) is 5.03. The first-order valence-corrected chi connectivity index (χ1v) is 10.3. The van der Waals surface area contributed by atoms with Crippen LogP contribution in [0.4, 0.5) is 5.69 Å². The lowest BCUT2D eigenvalue weighted by Crippen LogP contribution is -2.20. The molecule has 0 fully saturated rings. The summed E-state index contributed by atoms with van der Waals surface area (Å²) in [6.07, 6.45) is 1.20.